The highest BCUT2D eigenvalue weighted by Gasteiger charge is 2.01. The van der Waals surface area contributed by atoms with E-state index in [0.29, 0.717) is 22.7 Å². The van der Waals surface area contributed by atoms with Crippen LogP contribution in [0.15, 0.2) is 12.5 Å². The van der Waals surface area contributed by atoms with Gasteiger partial charge in [-0.15, -0.1) is 0 Å². The van der Waals surface area contributed by atoms with E-state index < -0.39 is 0 Å². The van der Waals surface area contributed by atoms with Gasteiger partial charge in [0.25, 0.3) is 0 Å². The first-order chi connectivity index (χ1) is 5.77. The lowest BCUT2D eigenvalue weighted by Gasteiger charge is -1.98. The van der Waals surface area contributed by atoms with Gasteiger partial charge >= 0.3 is 0 Å². The zero-order valence-electron chi connectivity index (χ0n) is 6.52. The topological polar surface area (TPSA) is 77.6 Å². The van der Waals surface area contributed by atoms with Crippen molar-refractivity contribution in [2.45, 2.75) is 6.92 Å². The highest BCUT2D eigenvalue weighted by Crippen LogP contribution is 2.11. The van der Waals surface area contributed by atoms with E-state index in [9.17, 15) is 0 Å². The maximum atomic E-state index is 5.62. The fourth-order valence-corrected chi connectivity index (χ4v) is 1.03. The summed E-state index contributed by atoms with van der Waals surface area (Å²) in [5.41, 5.74) is 6.91. The lowest BCUT2D eigenvalue weighted by atomic mass is 10.4. The predicted molar refractivity (Wildman–Crippen MR) is 44.3 cm³/mol. The molecule has 0 bridgehead atoms. The standard InChI is InChI=1S/C7H7N5/c1-4-11-5-2-9-3-10-6(5)7(8)12-4/h2-3H,1H3,(H2,8,11,12). The minimum atomic E-state index is 0.403. The fourth-order valence-electron chi connectivity index (χ4n) is 1.03. The Morgan fingerprint density at radius 1 is 1.33 bits per heavy atom. The molecule has 0 saturated carbocycles. The Kier molecular flexibility index (Phi) is 1.36. The van der Waals surface area contributed by atoms with Crippen LogP contribution in [0.3, 0.4) is 0 Å². The van der Waals surface area contributed by atoms with E-state index in [-0.39, 0.29) is 0 Å². The smallest absolute Gasteiger partial charge is 0.153 e. The zero-order valence-corrected chi connectivity index (χ0v) is 6.52. The Balaban J connectivity index is 2.89. The Morgan fingerprint density at radius 3 is 3.00 bits per heavy atom. The molecule has 0 aliphatic carbocycles. The largest absolute Gasteiger partial charge is 0.382 e. The maximum absolute atomic E-state index is 5.62. The van der Waals surface area contributed by atoms with Crippen LogP contribution < -0.4 is 5.73 Å². The summed E-state index contributed by atoms with van der Waals surface area (Å²) in [6, 6.07) is 0. The molecule has 0 saturated heterocycles. The molecule has 2 rings (SSSR count). The number of hydrogen-bond acceptors (Lipinski definition) is 5. The first-order valence-electron chi connectivity index (χ1n) is 3.47. The number of fused-ring (bicyclic) bond motifs is 1. The molecule has 2 heterocycles. The SMILES string of the molecule is Cc1nc(N)c2ncncc2n1. The van der Waals surface area contributed by atoms with Crippen molar-refractivity contribution in [2.24, 2.45) is 0 Å². The minimum Gasteiger partial charge on any atom is -0.382 e. The first kappa shape index (κ1) is 6.90. The van der Waals surface area contributed by atoms with Crippen LogP contribution in [0.25, 0.3) is 11.0 Å². The highest BCUT2D eigenvalue weighted by molar-refractivity contribution is 5.82. The van der Waals surface area contributed by atoms with E-state index >= 15 is 0 Å². The van der Waals surface area contributed by atoms with Gasteiger partial charge in [0.15, 0.2) is 5.82 Å². The summed E-state index contributed by atoms with van der Waals surface area (Å²) in [4.78, 5) is 15.9. The van der Waals surface area contributed by atoms with Crippen molar-refractivity contribution in [3.8, 4) is 0 Å². The number of nitrogen functional groups attached to an aromatic ring is 1. The van der Waals surface area contributed by atoms with E-state index in [1.165, 1.54) is 6.33 Å². The second-order valence-electron chi connectivity index (χ2n) is 2.41. The zero-order chi connectivity index (χ0) is 8.55. The molecule has 0 unspecified atom stereocenters. The normalized spacial score (nSPS) is 10.4. The highest BCUT2D eigenvalue weighted by atomic mass is 15.0. The van der Waals surface area contributed by atoms with Crippen LogP contribution in [0.5, 0.6) is 0 Å². The van der Waals surface area contributed by atoms with Gasteiger partial charge in [-0.25, -0.2) is 19.9 Å². The first-order valence-corrected chi connectivity index (χ1v) is 3.47. The van der Waals surface area contributed by atoms with Gasteiger partial charge in [0, 0.05) is 0 Å². The van der Waals surface area contributed by atoms with Crippen molar-refractivity contribution in [3.63, 3.8) is 0 Å². The van der Waals surface area contributed by atoms with Gasteiger partial charge in [-0.3, -0.25) is 0 Å². The van der Waals surface area contributed by atoms with Crippen LogP contribution >= 0.6 is 0 Å². The second kappa shape index (κ2) is 2.37. The van der Waals surface area contributed by atoms with Crippen molar-refractivity contribution < 1.29 is 0 Å². The Morgan fingerprint density at radius 2 is 2.17 bits per heavy atom. The average Bonchev–Trinajstić information content (AvgIpc) is 2.04. The van der Waals surface area contributed by atoms with Crippen LogP contribution in [-0.2, 0) is 0 Å². The number of nitrogens with two attached hydrogens (primary N) is 1. The van der Waals surface area contributed by atoms with Crippen molar-refractivity contribution in [1.82, 2.24) is 19.9 Å². The predicted octanol–water partition coefficient (Wildman–Crippen LogP) is 0.310. The van der Waals surface area contributed by atoms with E-state index in [0.717, 1.165) is 0 Å². The Labute approximate surface area is 68.7 Å². The monoisotopic (exact) mass is 161 g/mol. The molecule has 0 amide bonds. The van der Waals surface area contributed by atoms with Crippen molar-refractivity contribution >= 4 is 16.9 Å². The molecule has 0 aliphatic heterocycles. The summed E-state index contributed by atoms with van der Waals surface area (Å²) < 4.78 is 0. The lowest BCUT2D eigenvalue weighted by Crippen LogP contribution is -1.98. The number of hydrogen-bond donors (Lipinski definition) is 1. The molecule has 0 radical (unpaired) electrons. The molecule has 2 N–H and O–H groups in total. The average molecular weight is 161 g/mol. The summed E-state index contributed by atoms with van der Waals surface area (Å²) in [5, 5.41) is 0. The van der Waals surface area contributed by atoms with Crippen LogP contribution in [0.2, 0.25) is 0 Å². The van der Waals surface area contributed by atoms with Gasteiger partial charge in [-0.1, -0.05) is 0 Å². The molecule has 5 heteroatoms. The molecule has 0 spiro atoms. The quantitative estimate of drug-likeness (QED) is 0.601. The number of aromatic nitrogens is 4. The van der Waals surface area contributed by atoms with Gasteiger partial charge in [-0.2, -0.15) is 0 Å². The molecule has 60 valence electrons. The van der Waals surface area contributed by atoms with Gasteiger partial charge in [-0.05, 0) is 6.92 Å². The molecule has 0 aromatic carbocycles. The second-order valence-corrected chi connectivity index (χ2v) is 2.41. The number of nitrogens with zero attached hydrogens (tertiary/aromatic N) is 4. The van der Waals surface area contributed by atoms with Crippen molar-refractivity contribution in [3.05, 3.63) is 18.3 Å². The fraction of sp³-hybridized carbons (Fsp3) is 0.143. The van der Waals surface area contributed by atoms with Crippen LogP contribution in [0.1, 0.15) is 5.82 Å². The van der Waals surface area contributed by atoms with Crippen LogP contribution in [0, 0.1) is 6.92 Å². The molecule has 0 atom stereocenters. The van der Waals surface area contributed by atoms with Gasteiger partial charge < -0.3 is 5.73 Å². The third-order valence-corrected chi connectivity index (χ3v) is 1.50. The van der Waals surface area contributed by atoms with Gasteiger partial charge in [0.05, 0.1) is 6.20 Å². The van der Waals surface area contributed by atoms with E-state index in [4.69, 9.17) is 5.73 Å². The number of rotatable bonds is 0. The molecule has 0 fully saturated rings. The van der Waals surface area contributed by atoms with E-state index in [2.05, 4.69) is 19.9 Å². The summed E-state index contributed by atoms with van der Waals surface area (Å²) in [6.45, 7) is 1.78. The third kappa shape index (κ3) is 0.952. The number of aryl methyl sites for hydroxylation is 1. The Hall–Kier alpha value is -1.78. The number of anilines is 1. The van der Waals surface area contributed by atoms with E-state index in [1.807, 2.05) is 0 Å². The van der Waals surface area contributed by atoms with Crippen LogP contribution in [-0.4, -0.2) is 19.9 Å². The van der Waals surface area contributed by atoms with Crippen molar-refractivity contribution in [1.29, 1.82) is 0 Å². The van der Waals surface area contributed by atoms with Gasteiger partial charge in [0.2, 0.25) is 0 Å². The summed E-state index contributed by atoms with van der Waals surface area (Å²) >= 11 is 0. The van der Waals surface area contributed by atoms with Gasteiger partial charge in [0.1, 0.15) is 23.2 Å². The molecule has 2 aromatic heterocycles. The minimum absolute atomic E-state index is 0.403. The summed E-state index contributed by atoms with van der Waals surface area (Å²) in [5.74, 6) is 1.04. The molecule has 5 nitrogen and oxygen atoms in total. The molecule has 12 heavy (non-hydrogen) atoms. The molecule has 2 aromatic rings. The maximum Gasteiger partial charge on any atom is 0.153 e. The van der Waals surface area contributed by atoms with E-state index in [1.54, 1.807) is 13.1 Å². The molecule has 0 aliphatic rings. The summed E-state index contributed by atoms with van der Waals surface area (Å²) in [7, 11) is 0. The van der Waals surface area contributed by atoms with Crippen molar-refractivity contribution in [2.75, 3.05) is 5.73 Å². The Bertz CT molecular complexity index is 425. The lowest BCUT2D eigenvalue weighted by molar-refractivity contribution is 1.07. The summed E-state index contributed by atoms with van der Waals surface area (Å²) in [6.07, 6.45) is 3.05. The molecular weight excluding hydrogens is 154 g/mol. The molecular formula is C7H7N5. The van der Waals surface area contributed by atoms with Crippen LogP contribution in [0.4, 0.5) is 5.82 Å². The third-order valence-electron chi connectivity index (χ3n) is 1.50.